The van der Waals surface area contributed by atoms with Gasteiger partial charge in [-0.2, -0.15) is 5.10 Å². The van der Waals surface area contributed by atoms with E-state index in [1.165, 1.54) is 29.9 Å². The van der Waals surface area contributed by atoms with Crippen LogP contribution in [0.3, 0.4) is 0 Å². The van der Waals surface area contributed by atoms with Gasteiger partial charge in [0.2, 0.25) is 11.8 Å². The average Bonchev–Trinajstić information content (AvgIpc) is 3.96. The van der Waals surface area contributed by atoms with Gasteiger partial charge < -0.3 is 19.6 Å². The molecule has 3 N–H and O–H groups in total. The van der Waals surface area contributed by atoms with Gasteiger partial charge in [-0.25, -0.2) is 14.8 Å². The summed E-state index contributed by atoms with van der Waals surface area (Å²) in [4.78, 5) is 67.3. The Morgan fingerprint density at radius 2 is 1.67 bits per heavy atom. The molecule has 3 amide bonds. The molecule has 1 saturated carbocycles. The fourth-order valence-electron chi connectivity index (χ4n) is 11.4. The molecule has 6 heterocycles. The van der Waals surface area contributed by atoms with E-state index >= 15 is 0 Å². The maximum atomic E-state index is 13.7. The molecular weight excluding hydrogens is 927 g/mol. The standard InChI is InChI=1S/C56H59N9O6S/c1-34-39(40-21-23-49(58-52(40)55(69)70)65-27-25-36-9-5-11-41(44(36)33-65)53(67)60-56-57-45-12-3-4-14-48(45)72-56)10-6-13-47(34)71-38-18-15-35(16-19-38)8-7-26-63-28-30-64(31-29-63)37-17-20-42-46(32-37)62(2)61-51(42)43-22-24-50(66)59-54(43)68/h3-6,9-14,17,20-21,23,32,35,38,43H,7-8,15-16,18-19,22,24-31,33H2,1-2H3,(H,69,70)(H,57,60,67)(H,59,66,68)/t35-,38+,43?. The van der Waals surface area contributed by atoms with E-state index in [2.05, 4.69) is 43.6 Å². The number of nitrogens with one attached hydrogen (secondary N) is 2. The first-order chi connectivity index (χ1) is 35.0. The second-order valence-electron chi connectivity index (χ2n) is 19.8. The number of piperazine rings is 1. The summed E-state index contributed by atoms with van der Waals surface area (Å²) in [5, 5.41) is 22.3. The van der Waals surface area contributed by atoms with Crippen molar-refractivity contribution in [3.05, 3.63) is 125 Å². The van der Waals surface area contributed by atoms with Crippen molar-refractivity contribution in [2.45, 2.75) is 83.3 Å². The third-order valence-electron chi connectivity index (χ3n) is 15.4. The highest BCUT2D eigenvalue weighted by atomic mass is 32.1. The Kier molecular flexibility index (Phi) is 13.2. The van der Waals surface area contributed by atoms with E-state index in [1.54, 1.807) is 0 Å². The number of carboxylic acid groups (broad SMARTS) is 1. The molecule has 2 saturated heterocycles. The van der Waals surface area contributed by atoms with Crippen molar-refractivity contribution in [1.29, 1.82) is 0 Å². The first-order valence-corrected chi connectivity index (χ1v) is 26.2. The van der Waals surface area contributed by atoms with Crippen LogP contribution in [-0.2, 0) is 29.6 Å². The summed E-state index contributed by atoms with van der Waals surface area (Å²) in [5.74, 6) is -0.212. The third-order valence-corrected chi connectivity index (χ3v) is 16.3. The van der Waals surface area contributed by atoms with Crippen molar-refractivity contribution >= 4 is 72.8 Å². The van der Waals surface area contributed by atoms with Gasteiger partial charge in [-0.05, 0) is 148 Å². The van der Waals surface area contributed by atoms with Crippen LogP contribution in [0, 0.1) is 12.8 Å². The zero-order valence-electron chi connectivity index (χ0n) is 40.7. The normalized spacial score (nSPS) is 19.6. The molecule has 0 spiro atoms. The Morgan fingerprint density at radius 3 is 2.47 bits per heavy atom. The minimum absolute atomic E-state index is 0.0195. The average molecular weight is 986 g/mol. The number of piperidine rings is 1. The van der Waals surface area contributed by atoms with Gasteiger partial charge >= 0.3 is 5.97 Å². The zero-order chi connectivity index (χ0) is 49.5. The number of fused-ring (bicyclic) bond motifs is 3. The SMILES string of the molecule is Cc1c(O[C@H]2CC[C@@H](CCCN3CCN(c4ccc5c(C6CCC(=O)NC6=O)nn(C)c5c4)CC3)CC2)cccc1-c1ccc(N2CCc3cccc(C(=O)Nc4nc5ccccc5s4)c3C2)nc1C(=O)O. The van der Waals surface area contributed by atoms with Gasteiger partial charge in [0, 0.05) is 74.9 Å². The molecule has 16 heteroatoms. The quantitative estimate of drug-likeness (QED) is 0.0937. The van der Waals surface area contributed by atoms with Gasteiger partial charge in [0.15, 0.2) is 10.8 Å². The Balaban J connectivity index is 0.664. The van der Waals surface area contributed by atoms with E-state index in [0.717, 1.165) is 113 Å². The van der Waals surface area contributed by atoms with Crippen LogP contribution in [0.2, 0.25) is 0 Å². The van der Waals surface area contributed by atoms with Gasteiger partial charge in [-0.15, -0.1) is 0 Å². The highest BCUT2D eigenvalue weighted by molar-refractivity contribution is 7.22. The summed E-state index contributed by atoms with van der Waals surface area (Å²) in [6.07, 6.45) is 8.23. The largest absolute Gasteiger partial charge is 0.490 e. The number of hydrogen-bond acceptors (Lipinski definition) is 12. The van der Waals surface area contributed by atoms with Crippen LogP contribution in [0.25, 0.3) is 32.2 Å². The molecule has 0 bridgehead atoms. The lowest BCUT2D eigenvalue weighted by Gasteiger charge is -2.36. The molecule has 1 atom stereocenters. The number of thiazole rings is 1. The highest BCUT2D eigenvalue weighted by Crippen LogP contribution is 2.38. The number of pyridine rings is 1. The molecule has 3 aliphatic heterocycles. The van der Waals surface area contributed by atoms with Crippen molar-refractivity contribution in [1.82, 2.24) is 30.0 Å². The van der Waals surface area contributed by atoms with E-state index in [4.69, 9.17) is 14.8 Å². The Hall–Kier alpha value is -7.17. The number of aromatic carboxylic acids is 1. The highest BCUT2D eigenvalue weighted by Gasteiger charge is 2.33. The number of anilines is 3. The van der Waals surface area contributed by atoms with Gasteiger partial charge in [0.05, 0.1) is 33.4 Å². The number of aryl methyl sites for hydroxylation is 1. The monoisotopic (exact) mass is 985 g/mol. The summed E-state index contributed by atoms with van der Waals surface area (Å²) < 4.78 is 9.54. The van der Waals surface area contributed by atoms with E-state index in [-0.39, 0.29) is 29.5 Å². The number of para-hydroxylation sites is 1. The summed E-state index contributed by atoms with van der Waals surface area (Å²) in [7, 11) is 1.92. The topological polar surface area (TPSA) is 175 Å². The molecule has 1 aliphatic carbocycles. The smallest absolute Gasteiger partial charge is 0.355 e. The number of carbonyl (C=O) groups excluding carboxylic acids is 3. The molecule has 3 fully saturated rings. The molecule has 11 rings (SSSR count). The number of nitrogens with zero attached hydrogens (tertiary/aromatic N) is 7. The minimum atomic E-state index is -1.10. The molecule has 72 heavy (non-hydrogen) atoms. The minimum Gasteiger partial charge on any atom is -0.490 e. The van der Waals surface area contributed by atoms with Crippen molar-refractivity contribution < 1.29 is 29.0 Å². The molecule has 4 aliphatic rings. The molecule has 7 aromatic rings. The lowest BCUT2D eigenvalue weighted by Crippen LogP contribution is -2.46. The molecule has 4 aromatic carbocycles. The fraction of sp³-hybridized carbons (Fsp3) is 0.375. The number of ether oxygens (including phenoxy) is 1. The Labute approximate surface area is 422 Å². The fourth-order valence-corrected chi connectivity index (χ4v) is 12.2. The molecule has 0 radical (unpaired) electrons. The number of imide groups is 1. The van der Waals surface area contributed by atoms with E-state index < -0.39 is 11.9 Å². The number of benzene rings is 4. The van der Waals surface area contributed by atoms with Gasteiger partial charge in [-0.3, -0.25) is 34.6 Å². The second kappa shape index (κ2) is 20.1. The van der Waals surface area contributed by atoms with Crippen LogP contribution >= 0.6 is 11.3 Å². The van der Waals surface area contributed by atoms with Crippen LogP contribution in [-0.4, -0.2) is 98.8 Å². The molecule has 15 nitrogen and oxygen atoms in total. The molecule has 3 aromatic heterocycles. The van der Waals surface area contributed by atoms with E-state index in [9.17, 15) is 24.3 Å². The van der Waals surface area contributed by atoms with Crippen LogP contribution in [0.4, 0.5) is 16.6 Å². The first-order valence-electron chi connectivity index (χ1n) is 25.3. The number of aromatic nitrogens is 4. The van der Waals surface area contributed by atoms with Crippen molar-refractivity contribution in [3.8, 4) is 16.9 Å². The van der Waals surface area contributed by atoms with Gasteiger partial charge in [0.1, 0.15) is 11.6 Å². The number of hydrogen-bond donors (Lipinski definition) is 3. The summed E-state index contributed by atoms with van der Waals surface area (Å²) in [5.41, 5.74) is 8.50. The number of amides is 3. The zero-order valence-corrected chi connectivity index (χ0v) is 41.5. The van der Waals surface area contributed by atoms with Crippen LogP contribution in [0.1, 0.15) is 101 Å². The van der Waals surface area contributed by atoms with Crippen molar-refractivity contribution in [2.24, 2.45) is 13.0 Å². The van der Waals surface area contributed by atoms with Crippen LogP contribution in [0.5, 0.6) is 5.75 Å². The van der Waals surface area contributed by atoms with Gasteiger partial charge in [-0.1, -0.05) is 47.7 Å². The Bertz CT molecular complexity index is 3190. The summed E-state index contributed by atoms with van der Waals surface area (Å²) in [6.45, 7) is 8.09. The molecule has 1 unspecified atom stereocenters. The van der Waals surface area contributed by atoms with Crippen LogP contribution in [0.15, 0.2) is 91.0 Å². The molecular formula is C56H59N9O6S. The van der Waals surface area contributed by atoms with E-state index in [1.807, 2.05) is 96.3 Å². The lowest BCUT2D eigenvalue weighted by molar-refractivity contribution is -0.134. The number of carboxylic acids is 1. The summed E-state index contributed by atoms with van der Waals surface area (Å²) in [6, 6.07) is 29.6. The number of rotatable bonds is 13. The lowest BCUT2D eigenvalue weighted by atomic mass is 9.84. The Morgan fingerprint density at radius 1 is 0.847 bits per heavy atom. The predicted octanol–water partition coefficient (Wildman–Crippen LogP) is 9.13. The van der Waals surface area contributed by atoms with Crippen molar-refractivity contribution in [2.75, 3.05) is 54.4 Å². The van der Waals surface area contributed by atoms with Crippen molar-refractivity contribution in [3.63, 3.8) is 0 Å². The second-order valence-corrected chi connectivity index (χ2v) is 20.8. The maximum Gasteiger partial charge on any atom is 0.355 e. The third kappa shape index (κ3) is 9.64. The maximum absolute atomic E-state index is 13.7. The van der Waals surface area contributed by atoms with E-state index in [0.29, 0.717) is 60.3 Å². The predicted molar refractivity (Wildman–Crippen MR) is 280 cm³/mol. The molecule has 370 valence electrons. The number of carbonyl (C=O) groups is 4. The van der Waals surface area contributed by atoms with Gasteiger partial charge in [0.25, 0.3) is 5.91 Å². The van der Waals surface area contributed by atoms with Crippen LogP contribution < -0.4 is 25.2 Å². The first kappa shape index (κ1) is 47.2. The summed E-state index contributed by atoms with van der Waals surface area (Å²) >= 11 is 1.44.